The highest BCUT2D eigenvalue weighted by atomic mass is 16.5. The molecule has 214 valence electrons. The number of methoxy groups -OCH3 is 1. The number of benzene rings is 3. The van der Waals surface area contributed by atoms with Crippen molar-refractivity contribution >= 4 is 22.7 Å². The van der Waals surface area contributed by atoms with Crippen LogP contribution in [0.2, 0.25) is 0 Å². The smallest absolute Gasteiger partial charge is 0.268 e. The van der Waals surface area contributed by atoms with Crippen LogP contribution in [0.3, 0.4) is 0 Å². The van der Waals surface area contributed by atoms with E-state index >= 15 is 0 Å². The maximum absolute atomic E-state index is 14.2. The van der Waals surface area contributed by atoms with Crippen LogP contribution in [0.5, 0.6) is 5.75 Å². The topological polar surface area (TPSA) is 66.8 Å². The van der Waals surface area contributed by atoms with Crippen LogP contribution < -0.4 is 10.1 Å². The first-order chi connectivity index (χ1) is 20.0. The van der Waals surface area contributed by atoms with Crippen molar-refractivity contribution in [3.05, 3.63) is 101 Å². The molecule has 1 aromatic heterocycles. The first kappa shape index (κ1) is 28.4. The van der Waals surface area contributed by atoms with E-state index in [0.717, 1.165) is 59.3 Å². The summed E-state index contributed by atoms with van der Waals surface area (Å²) in [4.78, 5) is 30.3. The molecule has 2 amide bonds. The summed E-state index contributed by atoms with van der Waals surface area (Å²) in [5.74, 6) is 0.713. The maximum Gasteiger partial charge on any atom is 0.268 e. The zero-order valence-corrected chi connectivity index (χ0v) is 24.3. The van der Waals surface area contributed by atoms with Gasteiger partial charge in [0.2, 0.25) is 5.91 Å². The number of carbonyl (C=O) groups is 2. The lowest BCUT2D eigenvalue weighted by atomic mass is 9.83. The molecule has 0 atom stereocenters. The number of rotatable bonds is 12. The van der Waals surface area contributed by atoms with Gasteiger partial charge in [-0.15, -0.1) is 0 Å². The summed E-state index contributed by atoms with van der Waals surface area (Å²) in [7, 11) is 5.77. The van der Waals surface area contributed by atoms with E-state index in [9.17, 15) is 9.59 Å². The number of nitrogens with one attached hydrogen (secondary N) is 1. The van der Waals surface area contributed by atoms with E-state index < -0.39 is 0 Å². The van der Waals surface area contributed by atoms with E-state index in [1.165, 1.54) is 0 Å². The highest BCUT2D eigenvalue weighted by Crippen LogP contribution is 2.41. The molecule has 5 rings (SSSR count). The fraction of sp³-hybridized carbons (Fsp3) is 0.353. The number of fused-ring (bicyclic) bond motifs is 1. The average molecular weight is 553 g/mol. The Kier molecular flexibility index (Phi) is 9.04. The van der Waals surface area contributed by atoms with E-state index in [2.05, 4.69) is 75.4 Å². The van der Waals surface area contributed by atoms with Gasteiger partial charge < -0.3 is 24.4 Å². The van der Waals surface area contributed by atoms with Gasteiger partial charge in [0.15, 0.2) is 0 Å². The lowest BCUT2D eigenvalue weighted by molar-refractivity contribution is -0.127. The molecule has 0 spiro atoms. The standard InChI is InChI=1S/C34H40N4O3/c1-36(2)22-23-38-29-18-17-27(41-3)24-28(29)32(31(25-12-6-4-7-13-25)26-14-8-5-9-15-26)33(38)34(40)35-19-11-21-37-20-10-16-30(37)39/h4-9,12-15,17-18,24,31H,10-11,16,19-23H2,1-3H3,(H,35,40). The van der Waals surface area contributed by atoms with Gasteiger partial charge in [-0.05, 0) is 56.3 Å². The number of hydrogen-bond acceptors (Lipinski definition) is 4. The van der Waals surface area contributed by atoms with Crippen molar-refractivity contribution in [1.82, 2.24) is 19.7 Å². The van der Waals surface area contributed by atoms with Crippen molar-refractivity contribution in [2.24, 2.45) is 0 Å². The summed E-state index contributed by atoms with van der Waals surface area (Å²) in [6.45, 7) is 3.43. The molecule has 1 aliphatic heterocycles. The van der Waals surface area contributed by atoms with Gasteiger partial charge >= 0.3 is 0 Å². The van der Waals surface area contributed by atoms with Crippen LogP contribution in [0.25, 0.3) is 10.9 Å². The fourth-order valence-corrected chi connectivity index (χ4v) is 5.87. The average Bonchev–Trinajstić information content (AvgIpc) is 3.55. The largest absolute Gasteiger partial charge is 0.497 e. The predicted octanol–water partition coefficient (Wildman–Crippen LogP) is 5.13. The van der Waals surface area contributed by atoms with Gasteiger partial charge in [0, 0.05) is 61.5 Å². The molecule has 4 aromatic rings. The quantitative estimate of drug-likeness (QED) is 0.248. The Labute approximate surface area is 242 Å². The SMILES string of the molecule is COc1ccc2c(c1)c(C(c1ccccc1)c1ccccc1)c(C(=O)NCCCN1CCCC1=O)n2CCN(C)C. The first-order valence-corrected chi connectivity index (χ1v) is 14.5. The molecule has 0 radical (unpaired) electrons. The number of likely N-dealkylation sites (tertiary alicyclic amines) is 1. The van der Waals surface area contributed by atoms with Crippen molar-refractivity contribution in [2.75, 3.05) is 47.4 Å². The molecule has 1 saturated heterocycles. The maximum atomic E-state index is 14.2. The Hall–Kier alpha value is -4.10. The van der Waals surface area contributed by atoms with Crippen molar-refractivity contribution < 1.29 is 14.3 Å². The van der Waals surface area contributed by atoms with Crippen molar-refractivity contribution in [1.29, 1.82) is 0 Å². The van der Waals surface area contributed by atoms with Gasteiger partial charge in [0.1, 0.15) is 11.4 Å². The summed E-state index contributed by atoms with van der Waals surface area (Å²) in [5, 5.41) is 4.22. The highest BCUT2D eigenvalue weighted by molar-refractivity contribution is 6.03. The number of amides is 2. The number of ether oxygens (including phenoxy) is 1. The number of hydrogen-bond donors (Lipinski definition) is 1. The van der Waals surface area contributed by atoms with Crippen LogP contribution in [0, 0.1) is 0 Å². The molecule has 0 unspecified atom stereocenters. The third-order valence-corrected chi connectivity index (χ3v) is 7.91. The molecule has 1 aliphatic rings. The van der Waals surface area contributed by atoms with Crippen LogP contribution in [0.1, 0.15) is 52.4 Å². The number of carbonyl (C=O) groups excluding carboxylic acids is 2. The third kappa shape index (κ3) is 6.30. The molecule has 41 heavy (non-hydrogen) atoms. The van der Waals surface area contributed by atoms with E-state index in [1.54, 1.807) is 7.11 Å². The van der Waals surface area contributed by atoms with E-state index in [1.807, 2.05) is 37.2 Å². The number of nitrogens with zero attached hydrogens (tertiary/aromatic N) is 3. The molecular formula is C34H40N4O3. The van der Waals surface area contributed by atoms with Gasteiger partial charge in [-0.2, -0.15) is 0 Å². The Balaban J connectivity index is 1.63. The van der Waals surface area contributed by atoms with Crippen molar-refractivity contribution in [3.8, 4) is 5.75 Å². The summed E-state index contributed by atoms with van der Waals surface area (Å²) in [6.07, 6.45) is 2.27. The molecule has 7 nitrogen and oxygen atoms in total. The molecular weight excluding hydrogens is 512 g/mol. The lowest BCUT2D eigenvalue weighted by Crippen LogP contribution is -2.32. The predicted molar refractivity (Wildman–Crippen MR) is 164 cm³/mol. The normalized spacial score (nSPS) is 13.5. The lowest BCUT2D eigenvalue weighted by Gasteiger charge is -2.21. The van der Waals surface area contributed by atoms with Gasteiger partial charge in [0.25, 0.3) is 5.91 Å². The van der Waals surface area contributed by atoms with Gasteiger partial charge in [-0.1, -0.05) is 60.7 Å². The summed E-state index contributed by atoms with van der Waals surface area (Å²) < 4.78 is 7.83. The third-order valence-electron chi connectivity index (χ3n) is 7.91. The Morgan fingerprint density at radius 1 is 0.976 bits per heavy atom. The zero-order valence-electron chi connectivity index (χ0n) is 24.3. The van der Waals surface area contributed by atoms with Crippen LogP contribution in [-0.4, -0.2) is 73.6 Å². The highest BCUT2D eigenvalue weighted by Gasteiger charge is 2.30. The van der Waals surface area contributed by atoms with E-state index in [-0.39, 0.29) is 17.7 Å². The second kappa shape index (κ2) is 13.0. The van der Waals surface area contributed by atoms with Crippen LogP contribution in [0.15, 0.2) is 78.9 Å². The number of aromatic nitrogens is 1. The second-order valence-corrected chi connectivity index (χ2v) is 10.9. The van der Waals surface area contributed by atoms with Gasteiger partial charge in [0.05, 0.1) is 7.11 Å². The van der Waals surface area contributed by atoms with Crippen LogP contribution in [-0.2, 0) is 11.3 Å². The molecule has 0 bridgehead atoms. The van der Waals surface area contributed by atoms with Gasteiger partial charge in [-0.3, -0.25) is 9.59 Å². The Morgan fingerprint density at radius 3 is 2.24 bits per heavy atom. The Morgan fingerprint density at radius 2 is 1.66 bits per heavy atom. The van der Waals surface area contributed by atoms with Crippen LogP contribution >= 0.6 is 0 Å². The molecule has 2 heterocycles. The molecule has 0 saturated carbocycles. The van der Waals surface area contributed by atoms with E-state index in [0.29, 0.717) is 31.7 Å². The van der Waals surface area contributed by atoms with E-state index in [4.69, 9.17) is 4.74 Å². The van der Waals surface area contributed by atoms with Gasteiger partial charge in [-0.25, -0.2) is 0 Å². The monoisotopic (exact) mass is 552 g/mol. The Bertz CT molecular complexity index is 1440. The minimum atomic E-state index is -0.157. The fourth-order valence-electron chi connectivity index (χ4n) is 5.87. The van der Waals surface area contributed by atoms with Crippen LogP contribution in [0.4, 0.5) is 0 Å². The molecule has 1 fully saturated rings. The minimum absolute atomic E-state index is 0.0986. The molecule has 7 heteroatoms. The van der Waals surface area contributed by atoms with Crippen molar-refractivity contribution in [3.63, 3.8) is 0 Å². The zero-order chi connectivity index (χ0) is 28.8. The summed E-state index contributed by atoms with van der Waals surface area (Å²) in [5.41, 5.74) is 4.89. The minimum Gasteiger partial charge on any atom is -0.497 e. The summed E-state index contributed by atoms with van der Waals surface area (Å²) >= 11 is 0. The summed E-state index contributed by atoms with van der Waals surface area (Å²) in [6, 6.07) is 26.9. The first-order valence-electron chi connectivity index (χ1n) is 14.5. The molecule has 3 aromatic carbocycles. The number of likely N-dealkylation sites (N-methyl/N-ethyl adjacent to an activating group) is 1. The second-order valence-electron chi connectivity index (χ2n) is 10.9. The molecule has 0 aliphatic carbocycles. The molecule has 1 N–H and O–H groups in total. The van der Waals surface area contributed by atoms with Crippen molar-refractivity contribution in [2.45, 2.75) is 31.7 Å².